The maximum absolute atomic E-state index is 4.59. The molecule has 0 saturated carbocycles. The number of rotatable bonds is 3. The lowest BCUT2D eigenvalue weighted by Crippen LogP contribution is -2.31. The molecule has 0 amide bonds. The molecule has 0 unspecified atom stereocenters. The third-order valence-electron chi connectivity index (χ3n) is 2.94. The summed E-state index contributed by atoms with van der Waals surface area (Å²) in [6.07, 6.45) is 5.82. The Labute approximate surface area is 97.1 Å². The van der Waals surface area contributed by atoms with Crippen molar-refractivity contribution in [2.24, 2.45) is 0 Å². The number of anilines is 2. The Hall–Kier alpha value is -1.32. The highest BCUT2D eigenvalue weighted by Gasteiger charge is 2.15. The molecule has 0 aromatic carbocycles. The number of aryl methyl sites for hydroxylation is 1. The van der Waals surface area contributed by atoms with E-state index in [-0.39, 0.29) is 0 Å². The number of aromatic nitrogens is 2. The molecule has 0 spiro atoms. The van der Waals surface area contributed by atoms with Crippen molar-refractivity contribution in [1.82, 2.24) is 9.97 Å². The van der Waals surface area contributed by atoms with E-state index in [9.17, 15) is 0 Å². The number of nitrogens with zero attached hydrogens (tertiary/aromatic N) is 3. The molecule has 0 radical (unpaired) electrons. The Kier molecular flexibility index (Phi) is 3.59. The lowest BCUT2D eigenvalue weighted by Gasteiger charge is -2.29. The molecule has 2 heterocycles. The fourth-order valence-electron chi connectivity index (χ4n) is 2.10. The maximum atomic E-state index is 4.59. The van der Waals surface area contributed by atoms with Gasteiger partial charge in [0.15, 0.2) is 0 Å². The van der Waals surface area contributed by atoms with Crippen molar-refractivity contribution in [2.75, 3.05) is 29.9 Å². The van der Waals surface area contributed by atoms with Gasteiger partial charge in [-0.25, -0.2) is 4.98 Å². The van der Waals surface area contributed by atoms with E-state index >= 15 is 0 Å². The molecule has 0 aliphatic carbocycles. The van der Waals surface area contributed by atoms with Gasteiger partial charge in [-0.2, -0.15) is 4.98 Å². The summed E-state index contributed by atoms with van der Waals surface area (Å²) >= 11 is 0. The van der Waals surface area contributed by atoms with Gasteiger partial charge in [0.1, 0.15) is 5.82 Å². The normalized spacial score (nSPS) is 16.2. The van der Waals surface area contributed by atoms with Gasteiger partial charge >= 0.3 is 0 Å². The van der Waals surface area contributed by atoms with Crippen molar-refractivity contribution in [3.63, 3.8) is 0 Å². The van der Waals surface area contributed by atoms with Crippen molar-refractivity contribution in [3.05, 3.63) is 11.8 Å². The zero-order chi connectivity index (χ0) is 11.4. The Morgan fingerprint density at radius 1 is 1.31 bits per heavy atom. The molecule has 0 atom stereocenters. The second kappa shape index (κ2) is 5.14. The van der Waals surface area contributed by atoms with E-state index in [4.69, 9.17) is 0 Å². The van der Waals surface area contributed by atoms with Crippen LogP contribution in [0.15, 0.2) is 6.20 Å². The van der Waals surface area contributed by atoms with Gasteiger partial charge in [0.25, 0.3) is 0 Å². The van der Waals surface area contributed by atoms with Gasteiger partial charge in [0.2, 0.25) is 5.95 Å². The highest BCUT2D eigenvalue weighted by molar-refractivity contribution is 5.49. The van der Waals surface area contributed by atoms with Crippen molar-refractivity contribution < 1.29 is 0 Å². The summed E-state index contributed by atoms with van der Waals surface area (Å²) in [5, 5.41) is 3.17. The molecule has 1 fully saturated rings. The Bertz CT molecular complexity index is 345. The quantitative estimate of drug-likeness (QED) is 0.848. The lowest BCUT2D eigenvalue weighted by atomic mass is 10.1. The first kappa shape index (κ1) is 11.2. The van der Waals surface area contributed by atoms with E-state index < -0.39 is 0 Å². The van der Waals surface area contributed by atoms with Crippen molar-refractivity contribution in [2.45, 2.75) is 33.1 Å². The smallest absolute Gasteiger partial charge is 0.224 e. The van der Waals surface area contributed by atoms with Gasteiger partial charge in [0, 0.05) is 31.4 Å². The zero-order valence-electron chi connectivity index (χ0n) is 10.2. The summed E-state index contributed by atoms with van der Waals surface area (Å²) in [4.78, 5) is 11.2. The first-order valence-electron chi connectivity index (χ1n) is 6.13. The summed E-state index contributed by atoms with van der Waals surface area (Å²) in [6, 6.07) is 0. The molecule has 1 N–H and O–H groups in total. The minimum Gasteiger partial charge on any atom is -0.356 e. The molecule has 1 aromatic heterocycles. The third kappa shape index (κ3) is 2.43. The van der Waals surface area contributed by atoms with Crippen LogP contribution in [0.25, 0.3) is 0 Å². The topological polar surface area (TPSA) is 41.1 Å². The van der Waals surface area contributed by atoms with Crippen LogP contribution < -0.4 is 10.2 Å². The minimum absolute atomic E-state index is 0.744. The number of hydrogen-bond acceptors (Lipinski definition) is 4. The number of nitrogens with one attached hydrogen (secondary N) is 1. The molecule has 4 nitrogen and oxygen atoms in total. The van der Waals surface area contributed by atoms with Crippen LogP contribution in [0.2, 0.25) is 0 Å². The molecule has 2 rings (SSSR count). The van der Waals surface area contributed by atoms with E-state index in [1.165, 1.54) is 24.8 Å². The Morgan fingerprint density at radius 3 is 2.75 bits per heavy atom. The summed E-state index contributed by atoms with van der Waals surface area (Å²) in [7, 11) is 0. The molecule has 1 aliphatic rings. The van der Waals surface area contributed by atoms with Crippen molar-refractivity contribution in [3.8, 4) is 0 Å². The Balaban J connectivity index is 2.19. The predicted molar refractivity (Wildman–Crippen MR) is 67.0 cm³/mol. The first-order valence-corrected chi connectivity index (χ1v) is 6.13. The van der Waals surface area contributed by atoms with Crippen LogP contribution in [0.5, 0.6) is 0 Å². The van der Waals surface area contributed by atoms with Crippen LogP contribution in [0, 0.1) is 6.92 Å². The summed E-state index contributed by atoms with van der Waals surface area (Å²) in [6.45, 7) is 7.26. The van der Waals surface area contributed by atoms with Crippen LogP contribution in [0.4, 0.5) is 11.8 Å². The summed E-state index contributed by atoms with van der Waals surface area (Å²) in [5.41, 5.74) is 1.17. The van der Waals surface area contributed by atoms with Crippen molar-refractivity contribution in [1.29, 1.82) is 0 Å². The fourth-order valence-corrected chi connectivity index (χ4v) is 2.10. The molecule has 88 valence electrons. The van der Waals surface area contributed by atoms with Gasteiger partial charge in [0.05, 0.1) is 0 Å². The lowest BCUT2D eigenvalue weighted by molar-refractivity contribution is 0.572. The highest BCUT2D eigenvalue weighted by atomic mass is 15.2. The molecule has 1 saturated heterocycles. The van der Waals surface area contributed by atoms with Crippen LogP contribution >= 0.6 is 0 Å². The van der Waals surface area contributed by atoms with Crippen LogP contribution in [-0.2, 0) is 0 Å². The molecule has 1 aliphatic heterocycles. The zero-order valence-corrected chi connectivity index (χ0v) is 10.2. The van der Waals surface area contributed by atoms with Crippen LogP contribution in [-0.4, -0.2) is 29.6 Å². The van der Waals surface area contributed by atoms with Gasteiger partial charge in [-0.1, -0.05) is 0 Å². The first-order chi connectivity index (χ1) is 7.81. The van der Waals surface area contributed by atoms with Gasteiger partial charge in [-0.05, 0) is 33.1 Å². The SMILES string of the molecule is CCNc1ncc(C)c(N2CCCCC2)n1. The van der Waals surface area contributed by atoms with E-state index in [1.807, 2.05) is 6.20 Å². The number of hydrogen-bond donors (Lipinski definition) is 1. The monoisotopic (exact) mass is 220 g/mol. The second-order valence-corrected chi connectivity index (χ2v) is 4.28. The van der Waals surface area contributed by atoms with E-state index in [0.29, 0.717) is 0 Å². The van der Waals surface area contributed by atoms with Crippen LogP contribution in [0.1, 0.15) is 31.7 Å². The third-order valence-corrected chi connectivity index (χ3v) is 2.94. The minimum atomic E-state index is 0.744. The molecule has 4 heteroatoms. The predicted octanol–water partition coefficient (Wildman–Crippen LogP) is 2.21. The van der Waals surface area contributed by atoms with E-state index in [0.717, 1.165) is 31.4 Å². The van der Waals surface area contributed by atoms with E-state index in [2.05, 4.69) is 34.0 Å². The maximum Gasteiger partial charge on any atom is 0.224 e. The van der Waals surface area contributed by atoms with Crippen LogP contribution in [0.3, 0.4) is 0 Å². The Morgan fingerprint density at radius 2 is 2.06 bits per heavy atom. The molecular weight excluding hydrogens is 200 g/mol. The summed E-state index contributed by atoms with van der Waals surface area (Å²) < 4.78 is 0. The highest BCUT2D eigenvalue weighted by Crippen LogP contribution is 2.21. The van der Waals surface area contributed by atoms with E-state index in [1.54, 1.807) is 0 Å². The molecule has 0 bridgehead atoms. The van der Waals surface area contributed by atoms with Gasteiger partial charge in [-0.3, -0.25) is 0 Å². The largest absolute Gasteiger partial charge is 0.356 e. The standard InChI is InChI=1S/C12H20N4/c1-3-13-12-14-9-10(2)11(15-12)16-7-5-4-6-8-16/h9H,3-8H2,1-2H3,(H,13,14,15). The average molecular weight is 220 g/mol. The summed E-state index contributed by atoms with van der Waals surface area (Å²) in [5.74, 6) is 1.85. The molecule has 1 aromatic rings. The molecule has 16 heavy (non-hydrogen) atoms. The number of piperidine rings is 1. The fraction of sp³-hybridized carbons (Fsp3) is 0.667. The molecular formula is C12H20N4. The van der Waals surface area contributed by atoms with Crippen molar-refractivity contribution >= 4 is 11.8 Å². The van der Waals surface area contributed by atoms with Gasteiger partial charge in [-0.15, -0.1) is 0 Å². The average Bonchev–Trinajstić information content (AvgIpc) is 2.33. The second-order valence-electron chi connectivity index (χ2n) is 4.28. The van der Waals surface area contributed by atoms with Gasteiger partial charge < -0.3 is 10.2 Å².